The molecule has 0 fully saturated rings. The first-order valence-corrected chi connectivity index (χ1v) is 9.36. The summed E-state index contributed by atoms with van der Waals surface area (Å²) >= 11 is 0. The number of nitrogens with one attached hydrogen (secondary N) is 2. The third-order valence-corrected chi connectivity index (χ3v) is 5.03. The zero-order chi connectivity index (χ0) is 19.9. The fourth-order valence-corrected chi connectivity index (χ4v) is 3.61. The highest BCUT2D eigenvalue weighted by atomic mass is 15.1. The van der Waals surface area contributed by atoms with Crippen molar-refractivity contribution in [3.63, 3.8) is 0 Å². The van der Waals surface area contributed by atoms with Crippen LogP contribution in [-0.4, -0.2) is 40.1 Å². The van der Waals surface area contributed by atoms with Crippen LogP contribution in [0.5, 0.6) is 0 Å². The van der Waals surface area contributed by atoms with E-state index in [1.54, 1.807) is 43.4 Å². The molecule has 8 heteroatoms. The summed E-state index contributed by atoms with van der Waals surface area (Å²) in [4.78, 5) is 25.1. The van der Waals surface area contributed by atoms with Gasteiger partial charge in [0, 0.05) is 52.8 Å². The number of H-pyrrole nitrogens is 2. The number of fused-ring (bicyclic) bond motifs is 2. The van der Waals surface area contributed by atoms with Gasteiger partial charge in [0.05, 0.1) is 35.0 Å². The van der Waals surface area contributed by atoms with E-state index in [4.69, 9.17) is 0 Å². The fourth-order valence-electron chi connectivity index (χ4n) is 3.61. The molecule has 0 atom stereocenters. The average Bonchev–Trinajstić information content (AvgIpc) is 3.43. The maximum Gasteiger partial charge on any atom is 0.116 e. The third kappa shape index (κ3) is 2.62. The molecular formula is C22H14N8. The molecule has 6 aromatic rings. The van der Waals surface area contributed by atoms with Crippen molar-refractivity contribution in [1.29, 1.82) is 0 Å². The van der Waals surface area contributed by atoms with Gasteiger partial charge >= 0.3 is 0 Å². The molecule has 0 spiro atoms. The lowest BCUT2D eigenvalue weighted by Crippen LogP contribution is -1.88. The number of hydrogen-bond donors (Lipinski definition) is 2. The minimum atomic E-state index is 0.715. The number of aromatic nitrogens is 8. The second-order valence-electron chi connectivity index (χ2n) is 6.82. The Kier molecular flexibility index (Phi) is 3.60. The highest BCUT2D eigenvalue weighted by molar-refractivity contribution is 6.00. The first kappa shape index (κ1) is 16.5. The molecule has 0 saturated carbocycles. The SMILES string of the molecule is c1cc(-c2nccc3[nH]c(-c4n[nH]c5cnc(-c6cnccn6)cc45)cc23)ccn1. The maximum absolute atomic E-state index is 4.59. The van der Waals surface area contributed by atoms with E-state index in [1.165, 1.54) is 0 Å². The first-order valence-electron chi connectivity index (χ1n) is 9.36. The third-order valence-electron chi connectivity index (χ3n) is 5.03. The molecule has 6 aromatic heterocycles. The van der Waals surface area contributed by atoms with Gasteiger partial charge in [0.1, 0.15) is 11.4 Å². The molecule has 0 aromatic carbocycles. The van der Waals surface area contributed by atoms with E-state index in [2.05, 4.69) is 46.2 Å². The summed E-state index contributed by atoms with van der Waals surface area (Å²) in [6.07, 6.45) is 12.1. The summed E-state index contributed by atoms with van der Waals surface area (Å²) < 4.78 is 0. The maximum atomic E-state index is 4.59. The molecule has 2 N–H and O–H groups in total. The van der Waals surface area contributed by atoms with Gasteiger partial charge in [-0.15, -0.1) is 0 Å². The Morgan fingerprint density at radius 2 is 1.53 bits per heavy atom. The average molecular weight is 390 g/mol. The van der Waals surface area contributed by atoms with E-state index in [9.17, 15) is 0 Å². The summed E-state index contributed by atoms with van der Waals surface area (Å²) in [6, 6.07) is 9.93. The van der Waals surface area contributed by atoms with Crippen molar-refractivity contribution in [1.82, 2.24) is 40.1 Å². The molecule has 0 aliphatic rings. The van der Waals surface area contributed by atoms with E-state index >= 15 is 0 Å². The van der Waals surface area contributed by atoms with Gasteiger partial charge in [0.15, 0.2) is 0 Å². The normalized spacial score (nSPS) is 11.3. The van der Waals surface area contributed by atoms with Crippen LogP contribution < -0.4 is 0 Å². The predicted molar refractivity (Wildman–Crippen MR) is 113 cm³/mol. The monoisotopic (exact) mass is 390 g/mol. The van der Waals surface area contributed by atoms with Crippen LogP contribution in [0.15, 0.2) is 73.7 Å². The zero-order valence-corrected chi connectivity index (χ0v) is 15.6. The molecular weight excluding hydrogens is 376 g/mol. The van der Waals surface area contributed by atoms with Gasteiger partial charge in [-0.1, -0.05) is 0 Å². The van der Waals surface area contributed by atoms with E-state index in [0.717, 1.165) is 50.1 Å². The van der Waals surface area contributed by atoms with Gasteiger partial charge in [-0.05, 0) is 30.3 Å². The van der Waals surface area contributed by atoms with Crippen molar-refractivity contribution in [3.8, 4) is 34.0 Å². The number of aromatic amines is 2. The topological polar surface area (TPSA) is 109 Å². The van der Waals surface area contributed by atoms with Crippen LogP contribution in [0.2, 0.25) is 0 Å². The standard InChI is InChI=1S/C22H14N8/c1-4-23-5-2-13(1)21-14-10-18(28-16(14)3-6-26-21)22-15-9-17(20-11-24-7-8-25-20)27-12-19(15)29-30-22/h1-12,28H,(H,29,30). The Labute approximate surface area is 170 Å². The molecule has 0 radical (unpaired) electrons. The van der Waals surface area contributed by atoms with Crippen molar-refractivity contribution >= 4 is 21.8 Å². The summed E-state index contributed by atoms with van der Waals surface area (Å²) in [5.74, 6) is 0. The van der Waals surface area contributed by atoms with Gasteiger partial charge in [-0.2, -0.15) is 5.10 Å². The number of rotatable bonds is 3. The molecule has 6 heterocycles. The van der Waals surface area contributed by atoms with Crippen LogP contribution in [0.3, 0.4) is 0 Å². The molecule has 0 aliphatic heterocycles. The number of pyridine rings is 3. The molecule has 142 valence electrons. The van der Waals surface area contributed by atoms with Gasteiger partial charge in [0.2, 0.25) is 0 Å². The van der Waals surface area contributed by atoms with Crippen molar-refractivity contribution in [3.05, 3.63) is 73.7 Å². The molecule has 0 bridgehead atoms. The van der Waals surface area contributed by atoms with Gasteiger partial charge in [-0.25, -0.2) is 0 Å². The molecule has 6 rings (SSSR count). The quantitative estimate of drug-likeness (QED) is 0.472. The predicted octanol–water partition coefficient (Wildman–Crippen LogP) is 4.02. The Balaban J connectivity index is 1.52. The molecule has 0 aliphatic carbocycles. The minimum absolute atomic E-state index is 0.715. The Hall–Kier alpha value is -4.46. The van der Waals surface area contributed by atoms with Crippen LogP contribution in [0, 0.1) is 0 Å². The van der Waals surface area contributed by atoms with E-state index in [-0.39, 0.29) is 0 Å². The Bertz CT molecular complexity index is 1490. The Morgan fingerprint density at radius 3 is 2.40 bits per heavy atom. The number of nitrogens with zero attached hydrogens (tertiary/aromatic N) is 6. The highest BCUT2D eigenvalue weighted by Crippen LogP contribution is 2.33. The van der Waals surface area contributed by atoms with E-state index in [0.29, 0.717) is 5.69 Å². The molecule has 30 heavy (non-hydrogen) atoms. The largest absolute Gasteiger partial charge is 0.353 e. The lowest BCUT2D eigenvalue weighted by atomic mass is 10.1. The van der Waals surface area contributed by atoms with Gasteiger partial charge in [-0.3, -0.25) is 30.0 Å². The van der Waals surface area contributed by atoms with Crippen molar-refractivity contribution in [2.75, 3.05) is 0 Å². The minimum Gasteiger partial charge on any atom is -0.353 e. The van der Waals surface area contributed by atoms with Crippen LogP contribution >= 0.6 is 0 Å². The van der Waals surface area contributed by atoms with Crippen molar-refractivity contribution in [2.45, 2.75) is 0 Å². The summed E-state index contributed by atoms with van der Waals surface area (Å²) in [7, 11) is 0. The molecule has 0 saturated heterocycles. The van der Waals surface area contributed by atoms with Crippen LogP contribution in [0.4, 0.5) is 0 Å². The molecule has 8 nitrogen and oxygen atoms in total. The zero-order valence-electron chi connectivity index (χ0n) is 15.6. The molecule has 0 unspecified atom stereocenters. The van der Waals surface area contributed by atoms with Crippen LogP contribution in [0.1, 0.15) is 0 Å². The second-order valence-corrected chi connectivity index (χ2v) is 6.82. The molecule has 0 amide bonds. The van der Waals surface area contributed by atoms with Crippen molar-refractivity contribution in [2.24, 2.45) is 0 Å². The van der Waals surface area contributed by atoms with Crippen molar-refractivity contribution < 1.29 is 0 Å². The fraction of sp³-hybridized carbons (Fsp3) is 0. The van der Waals surface area contributed by atoms with Gasteiger partial charge < -0.3 is 4.98 Å². The van der Waals surface area contributed by atoms with E-state index in [1.807, 2.05) is 24.3 Å². The lowest BCUT2D eigenvalue weighted by Gasteiger charge is -2.01. The van der Waals surface area contributed by atoms with Crippen LogP contribution in [-0.2, 0) is 0 Å². The van der Waals surface area contributed by atoms with E-state index < -0.39 is 0 Å². The summed E-state index contributed by atoms with van der Waals surface area (Å²) in [5, 5.41) is 9.58. The summed E-state index contributed by atoms with van der Waals surface area (Å²) in [6.45, 7) is 0. The highest BCUT2D eigenvalue weighted by Gasteiger charge is 2.15. The second kappa shape index (κ2) is 6.56. The Morgan fingerprint density at radius 1 is 0.633 bits per heavy atom. The smallest absolute Gasteiger partial charge is 0.116 e. The lowest BCUT2D eigenvalue weighted by molar-refractivity contribution is 1.11. The number of hydrogen-bond acceptors (Lipinski definition) is 6. The summed E-state index contributed by atoms with van der Waals surface area (Å²) in [5.41, 5.74) is 6.93. The first-order chi connectivity index (χ1) is 14.9. The van der Waals surface area contributed by atoms with Gasteiger partial charge in [0.25, 0.3) is 0 Å². The van der Waals surface area contributed by atoms with Crippen LogP contribution in [0.25, 0.3) is 55.8 Å².